The number of amides is 2. The molecule has 2 heterocycles. The Morgan fingerprint density at radius 1 is 0.886 bits per heavy atom. The van der Waals surface area contributed by atoms with Crippen LogP contribution in [0.15, 0.2) is 103 Å². The molecule has 2 aliphatic heterocycles. The standard InChI is InChI=1S/C35H31FN2O6/c36-29-17-21(11-16-30(29)39)31-19-28-32-27(18-22(35(28,42)44-31)20-43-26-9-5-2-6-10-26)33(40)38(34(32)41)25-14-12-24(13-15-25)37-23-7-3-1-4-8-23/h1-17,22,27-28,31-32,37,39,42H,18-20H2/t22-,27+,28+,31+,32+,35-/m1/s1. The number of aromatic hydroxyl groups is 1. The van der Waals surface area contributed by atoms with E-state index in [9.17, 15) is 24.2 Å². The second kappa shape index (κ2) is 11.1. The van der Waals surface area contributed by atoms with E-state index in [2.05, 4.69) is 5.32 Å². The molecule has 2 saturated heterocycles. The third kappa shape index (κ3) is 4.88. The number of para-hydroxylation sites is 2. The summed E-state index contributed by atoms with van der Waals surface area (Å²) in [5, 5.41) is 25.2. The van der Waals surface area contributed by atoms with Gasteiger partial charge in [-0.3, -0.25) is 14.5 Å². The first-order valence-corrected chi connectivity index (χ1v) is 14.7. The van der Waals surface area contributed by atoms with E-state index < -0.39 is 53.0 Å². The highest BCUT2D eigenvalue weighted by atomic mass is 19.1. The topological polar surface area (TPSA) is 108 Å². The lowest BCUT2D eigenvalue weighted by Gasteiger charge is -2.44. The predicted octanol–water partition coefficient (Wildman–Crippen LogP) is 5.95. The van der Waals surface area contributed by atoms with Gasteiger partial charge < -0.3 is 25.0 Å². The second-order valence-corrected chi connectivity index (χ2v) is 11.7. The summed E-state index contributed by atoms with van der Waals surface area (Å²) in [6.45, 7) is 0.0538. The van der Waals surface area contributed by atoms with Crippen molar-refractivity contribution in [3.63, 3.8) is 0 Å². The molecule has 8 nitrogen and oxygen atoms in total. The zero-order chi connectivity index (χ0) is 30.4. The summed E-state index contributed by atoms with van der Waals surface area (Å²) >= 11 is 0. The summed E-state index contributed by atoms with van der Waals surface area (Å²) in [6, 6.07) is 29.8. The summed E-state index contributed by atoms with van der Waals surface area (Å²) in [6.07, 6.45) is -0.384. The number of rotatable bonds is 7. The molecule has 2 amide bonds. The molecule has 0 aromatic heterocycles. The first-order valence-electron chi connectivity index (χ1n) is 14.7. The highest BCUT2D eigenvalue weighted by Gasteiger charge is 2.67. The van der Waals surface area contributed by atoms with Gasteiger partial charge in [-0.1, -0.05) is 42.5 Å². The number of carbonyl (C=O) groups is 2. The van der Waals surface area contributed by atoms with Crippen molar-refractivity contribution in [2.75, 3.05) is 16.8 Å². The van der Waals surface area contributed by atoms with Gasteiger partial charge in [0.15, 0.2) is 17.4 Å². The Kier molecular flexibility index (Phi) is 7.07. The average Bonchev–Trinajstić information content (AvgIpc) is 3.52. The quantitative estimate of drug-likeness (QED) is 0.227. The van der Waals surface area contributed by atoms with E-state index in [-0.39, 0.29) is 25.4 Å². The lowest BCUT2D eigenvalue weighted by Crippen LogP contribution is -2.55. The van der Waals surface area contributed by atoms with Crippen molar-refractivity contribution in [2.24, 2.45) is 23.7 Å². The molecule has 4 aromatic carbocycles. The van der Waals surface area contributed by atoms with Gasteiger partial charge >= 0.3 is 0 Å². The van der Waals surface area contributed by atoms with Crippen LogP contribution in [0.4, 0.5) is 21.5 Å². The number of aliphatic hydroxyl groups is 1. The van der Waals surface area contributed by atoms with Gasteiger partial charge in [-0.2, -0.15) is 0 Å². The fraction of sp³-hybridized carbons (Fsp3) is 0.257. The third-order valence-corrected chi connectivity index (χ3v) is 9.09. The van der Waals surface area contributed by atoms with E-state index in [1.807, 2.05) is 60.7 Å². The van der Waals surface area contributed by atoms with Crippen molar-refractivity contribution in [1.82, 2.24) is 0 Å². The van der Waals surface area contributed by atoms with Gasteiger partial charge in [0.25, 0.3) is 0 Å². The minimum absolute atomic E-state index is 0.0538. The number of nitrogens with one attached hydrogen (secondary N) is 1. The van der Waals surface area contributed by atoms with Gasteiger partial charge in [-0.15, -0.1) is 0 Å². The van der Waals surface area contributed by atoms with Crippen molar-refractivity contribution >= 4 is 28.9 Å². The smallest absolute Gasteiger partial charge is 0.238 e. The molecule has 6 atom stereocenters. The van der Waals surface area contributed by atoms with Crippen LogP contribution in [0.1, 0.15) is 24.5 Å². The van der Waals surface area contributed by atoms with Crippen LogP contribution >= 0.6 is 0 Å². The fourth-order valence-corrected chi connectivity index (χ4v) is 6.96. The monoisotopic (exact) mass is 594 g/mol. The molecule has 3 fully saturated rings. The highest BCUT2D eigenvalue weighted by molar-refractivity contribution is 6.22. The van der Waals surface area contributed by atoms with Crippen LogP contribution in [0.25, 0.3) is 0 Å². The molecule has 0 unspecified atom stereocenters. The Morgan fingerprint density at radius 2 is 1.57 bits per heavy atom. The highest BCUT2D eigenvalue weighted by Crippen LogP contribution is 2.58. The molecule has 0 radical (unpaired) electrons. The van der Waals surface area contributed by atoms with E-state index in [1.165, 1.54) is 23.1 Å². The van der Waals surface area contributed by atoms with Gasteiger partial charge in [-0.05, 0) is 79.1 Å². The molecule has 1 saturated carbocycles. The van der Waals surface area contributed by atoms with Gasteiger partial charge in [-0.25, -0.2) is 4.39 Å². The van der Waals surface area contributed by atoms with Crippen LogP contribution in [0.2, 0.25) is 0 Å². The molecular formula is C35H31FN2O6. The Balaban J connectivity index is 1.19. The molecule has 44 heavy (non-hydrogen) atoms. The number of phenolic OH excluding ortho intramolecular Hbond substituents is 1. The first kappa shape index (κ1) is 28.1. The van der Waals surface area contributed by atoms with E-state index in [1.54, 1.807) is 24.3 Å². The number of imide groups is 1. The predicted molar refractivity (Wildman–Crippen MR) is 161 cm³/mol. The molecule has 3 aliphatic rings. The van der Waals surface area contributed by atoms with Crippen LogP contribution in [0.5, 0.6) is 11.5 Å². The lowest BCUT2D eigenvalue weighted by atomic mass is 9.64. The van der Waals surface area contributed by atoms with E-state index in [4.69, 9.17) is 9.47 Å². The number of phenols is 1. The maximum atomic E-state index is 14.3. The van der Waals surface area contributed by atoms with Crippen LogP contribution in [0.3, 0.4) is 0 Å². The van der Waals surface area contributed by atoms with E-state index in [0.29, 0.717) is 17.0 Å². The molecule has 0 spiro atoms. The summed E-state index contributed by atoms with van der Waals surface area (Å²) in [4.78, 5) is 29.2. The molecule has 9 heteroatoms. The zero-order valence-electron chi connectivity index (χ0n) is 23.7. The summed E-state index contributed by atoms with van der Waals surface area (Å²) in [5.41, 5.74) is 2.59. The largest absolute Gasteiger partial charge is 0.505 e. The van der Waals surface area contributed by atoms with Gasteiger partial charge in [0.1, 0.15) is 5.75 Å². The number of fused-ring (bicyclic) bond motifs is 3. The van der Waals surface area contributed by atoms with Gasteiger partial charge in [0.2, 0.25) is 11.8 Å². The first-order chi connectivity index (χ1) is 21.3. The molecule has 4 aromatic rings. The van der Waals surface area contributed by atoms with Crippen LogP contribution in [0, 0.1) is 29.5 Å². The minimum atomic E-state index is -1.80. The zero-order valence-corrected chi connectivity index (χ0v) is 23.7. The second-order valence-electron chi connectivity index (χ2n) is 11.7. The maximum Gasteiger partial charge on any atom is 0.238 e. The fourth-order valence-electron chi connectivity index (χ4n) is 6.96. The molecule has 0 bridgehead atoms. The third-order valence-electron chi connectivity index (χ3n) is 9.09. The van der Waals surface area contributed by atoms with E-state index >= 15 is 0 Å². The maximum absolute atomic E-state index is 14.3. The summed E-state index contributed by atoms with van der Waals surface area (Å²) in [5.74, 6) is -6.11. The minimum Gasteiger partial charge on any atom is -0.505 e. The molecule has 7 rings (SSSR count). The molecule has 3 N–H and O–H groups in total. The molecule has 1 aliphatic carbocycles. The van der Waals surface area contributed by atoms with E-state index in [0.717, 1.165) is 11.4 Å². The SMILES string of the molecule is O=C1[C@H]2[C@H](C[C@H](COc3ccccc3)[C@@]3(O)O[C@H](c4ccc(O)c(F)c4)C[C@@H]23)C(=O)N1c1ccc(Nc2ccccc2)cc1. The normalized spacial score (nSPS) is 27.6. The average molecular weight is 595 g/mol. The number of nitrogens with zero attached hydrogens (tertiary/aromatic N) is 1. The van der Waals surface area contributed by atoms with Crippen LogP contribution < -0.4 is 15.0 Å². The van der Waals surface area contributed by atoms with Gasteiger partial charge in [0.05, 0.1) is 30.2 Å². The summed E-state index contributed by atoms with van der Waals surface area (Å²) in [7, 11) is 0. The number of ether oxygens (including phenoxy) is 2. The van der Waals surface area contributed by atoms with Crippen molar-refractivity contribution in [3.05, 3.63) is 115 Å². The molecule has 224 valence electrons. The number of halogens is 1. The number of hydrogen-bond donors (Lipinski definition) is 3. The number of benzene rings is 4. The Bertz CT molecular complexity index is 1680. The summed E-state index contributed by atoms with van der Waals surface area (Å²) < 4.78 is 26.6. The number of hydrogen-bond acceptors (Lipinski definition) is 7. The lowest BCUT2D eigenvalue weighted by molar-refractivity contribution is -0.272. The van der Waals surface area contributed by atoms with Crippen molar-refractivity contribution in [2.45, 2.75) is 24.7 Å². The van der Waals surface area contributed by atoms with Crippen molar-refractivity contribution in [1.29, 1.82) is 0 Å². The van der Waals surface area contributed by atoms with Crippen LogP contribution in [-0.4, -0.2) is 34.4 Å². The Labute approximate surface area is 253 Å². The Hall–Kier alpha value is -4.73. The Morgan fingerprint density at radius 3 is 2.27 bits per heavy atom. The van der Waals surface area contributed by atoms with Gasteiger partial charge in [0, 0.05) is 23.2 Å². The number of carbonyl (C=O) groups excluding carboxylic acids is 2. The van der Waals surface area contributed by atoms with Crippen LogP contribution in [-0.2, 0) is 14.3 Å². The number of anilines is 3. The van der Waals surface area contributed by atoms with Crippen molar-refractivity contribution < 1.29 is 33.7 Å². The molecular weight excluding hydrogens is 563 g/mol. The van der Waals surface area contributed by atoms with Crippen molar-refractivity contribution in [3.8, 4) is 11.5 Å².